The molecule has 1 saturated carbocycles. The predicted molar refractivity (Wildman–Crippen MR) is 65.5 cm³/mol. The van der Waals surface area contributed by atoms with E-state index in [-0.39, 0.29) is 0 Å². The number of imidazole rings is 1. The number of hydrogen-bond donors (Lipinski definition) is 1. The molecule has 0 spiro atoms. The average molecular weight is 233 g/mol. The molecule has 0 saturated heterocycles. The van der Waals surface area contributed by atoms with Crippen LogP contribution >= 0.6 is 11.3 Å². The Morgan fingerprint density at radius 3 is 3.19 bits per heavy atom. The van der Waals surface area contributed by atoms with E-state index in [1.807, 2.05) is 12.5 Å². The molecule has 1 fully saturated rings. The summed E-state index contributed by atoms with van der Waals surface area (Å²) in [5.74, 6) is 0. The van der Waals surface area contributed by atoms with Crippen molar-refractivity contribution in [3.05, 3.63) is 40.6 Å². The molecule has 1 N–H and O–H groups in total. The third kappa shape index (κ3) is 2.33. The van der Waals surface area contributed by atoms with Crippen molar-refractivity contribution in [3.8, 4) is 0 Å². The van der Waals surface area contributed by atoms with Gasteiger partial charge in [-0.15, -0.1) is 11.3 Å². The van der Waals surface area contributed by atoms with Crippen molar-refractivity contribution in [2.45, 2.75) is 32.0 Å². The molecule has 0 radical (unpaired) electrons. The maximum absolute atomic E-state index is 4.23. The van der Waals surface area contributed by atoms with Crippen LogP contribution in [0.5, 0.6) is 0 Å². The topological polar surface area (TPSA) is 29.9 Å². The molecule has 0 aliphatic heterocycles. The molecule has 16 heavy (non-hydrogen) atoms. The molecule has 2 heterocycles. The van der Waals surface area contributed by atoms with Crippen LogP contribution in [0.1, 0.15) is 23.4 Å². The lowest BCUT2D eigenvalue weighted by Gasteiger charge is -2.07. The highest BCUT2D eigenvalue weighted by Gasteiger charge is 2.20. The first-order chi connectivity index (χ1) is 7.92. The van der Waals surface area contributed by atoms with E-state index in [4.69, 9.17) is 0 Å². The molecule has 0 amide bonds. The van der Waals surface area contributed by atoms with Crippen LogP contribution in [-0.2, 0) is 13.1 Å². The highest BCUT2D eigenvalue weighted by Crippen LogP contribution is 2.19. The molecule has 1 aliphatic rings. The largest absolute Gasteiger partial charge is 0.328 e. The van der Waals surface area contributed by atoms with Crippen LogP contribution < -0.4 is 5.32 Å². The van der Waals surface area contributed by atoms with Gasteiger partial charge in [-0.3, -0.25) is 0 Å². The zero-order valence-corrected chi connectivity index (χ0v) is 9.91. The quantitative estimate of drug-likeness (QED) is 0.858. The molecule has 1 aliphatic carbocycles. The summed E-state index contributed by atoms with van der Waals surface area (Å²) in [5, 5.41) is 5.64. The van der Waals surface area contributed by atoms with Crippen LogP contribution in [0.3, 0.4) is 0 Å². The lowest BCUT2D eigenvalue weighted by Crippen LogP contribution is -2.18. The molecule has 0 aromatic carbocycles. The number of thiophene rings is 1. The van der Waals surface area contributed by atoms with Gasteiger partial charge in [0.1, 0.15) is 0 Å². The number of hydrogen-bond acceptors (Lipinski definition) is 3. The lowest BCUT2D eigenvalue weighted by molar-refractivity contribution is 0.636. The van der Waals surface area contributed by atoms with Gasteiger partial charge in [0.2, 0.25) is 0 Å². The monoisotopic (exact) mass is 233 g/mol. The van der Waals surface area contributed by atoms with E-state index in [0.29, 0.717) is 0 Å². The molecule has 3 nitrogen and oxygen atoms in total. The summed E-state index contributed by atoms with van der Waals surface area (Å²) in [6.45, 7) is 1.88. The molecule has 0 bridgehead atoms. The Balaban J connectivity index is 1.66. The van der Waals surface area contributed by atoms with Crippen LogP contribution in [0.15, 0.2) is 30.0 Å². The van der Waals surface area contributed by atoms with E-state index in [0.717, 1.165) is 19.1 Å². The minimum atomic E-state index is 0.755. The van der Waals surface area contributed by atoms with Gasteiger partial charge in [-0.1, -0.05) is 6.07 Å². The van der Waals surface area contributed by atoms with Gasteiger partial charge in [-0.25, -0.2) is 4.98 Å². The molecule has 0 unspecified atom stereocenters. The fraction of sp³-hybridized carbons (Fsp3) is 0.417. The van der Waals surface area contributed by atoms with E-state index in [1.54, 1.807) is 11.3 Å². The van der Waals surface area contributed by atoms with Gasteiger partial charge in [0.15, 0.2) is 0 Å². The number of aromatic nitrogens is 2. The Hall–Kier alpha value is -1.13. The summed E-state index contributed by atoms with van der Waals surface area (Å²) >= 11 is 1.80. The first-order valence-corrected chi connectivity index (χ1v) is 6.54. The van der Waals surface area contributed by atoms with Crippen molar-refractivity contribution in [3.63, 3.8) is 0 Å². The normalized spacial score (nSPS) is 15.5. The predicted octanol–water partition coefficient (Wildman–Crippen LogP) is 2.24. The van der Waals surface area contributed by atoms with Gasteiger partial charge < -0.3 is 9.88 Å². The fourth-order valence-corrected chi connectivity index (χ4v) is 2.45. The smallest absolute Gasteiger partial charge is 0.0952 e. The van der Waals surface area contributed by atoms with E-state index in [1.165, 1.54) is 23.4 Å². The van der Waals surface area contributed by atoms with Crippen LogP contribution in [0.25, 0.3) is 0 Å². The summed E-state index contributed by atoms with van der Waals surface area (Å²) in [4.78, 5) is 5.61. The minimum Gasteiger partial charge on any atom is -0.328 e. The van der Waals surface area contributed by atoms with E-state index in [2.05, 4.69) is 32.4 Å². The second-order valence-electron chi connectivity index (χ2n) is 4.25. The van der Waals surface area contributed by atoms with Crippen LogP contribution in [0, 0.1) is 0 Å². The van der Waals surface area contributed by atoms with Crippen molar-refractivity contribution < 1.29 is 0 Å². The first kappa shape index (κ1) is 10.1. The highest BCUT2D eigenvalue weighted by atomic mass is 32.1. The van der Waals surface area contributed by atoms with Crippen molar-refractivity contribution in [1.82, 2.24) is 14.9 Å². The maximum atomic E-state index is 4.23. The van der Waals surface area contributed by atoms with E-state index >= 15 is 0 Å². The molecule has 2 aromatic rings. The number of nitrogens with one attached hydrogen (secondary N) is 1. The standard InChI is InChI=1S/C12H15N3S/c1-2-12(16-5-1)8-15-9-13-6-11(15)7-14-10-3-4-10/h1-2,5-6,9-10,14H,3-4,7-8H2. The second-order valence-corrected chi connectivity index (χ2v) is 5.28. The highest BCUT2D eigenvalue weighted by molar-refractivity contribution is 7.09. The molecule has 2 aromatic heterocycles. The lowest BCUT2D eigenvalue weighted by atomic mass is 10.4. The second kappa shape index (κ2) is 4.39. The number of nitrogens with zero attached hydrogens (tertiary/aromatic N) is 2. The third-order valence-corrected chi connectivity index (χ3v) is 3.72. The maximum Gasteiger partial charge on any atom is 0.0952 e. The van der Waals surface area contributed by atoms with Crippen molar-refractivity contribution in [2.24, 2.45) is 0 Å². The Morgan fingerprint density at radius 1 is 1.50 bits per heavy atom. The Morgan fingerprint density at radius 2 is 2.44 bits per heavy atom. The molecular weight excluding hydrogens is 218 g/mol. The molecule has 0 atom stereocenters. The van der Waals surface area contributed by atoms with E-state index in [9.17, 15) is 0 Å². The Kier molecular flexibility index (Phi) is 2.76. The van der Waals surface area contributed by atoms with Crippen LogP contribution in [0.2, 0.25) is 0 Å². The summed E-state index contributed by atoms with van der Waals surface area (Å²) in [7, 11) is 0. The average Bonchev–Trinajstić information content (AvgIpc) is 2.79. The third-order valence-electron chi connectivity index (χ3n) is 2.85. The van der Waals surface area contributed by atoms with Gasteiger partial charge in [-0.05, 0) is 24.3 Å². The van der Waals surface area contributed by atoms with Crippen LogP contribution in [-0.4, -0.2) is 15.6 Å². The Labute approximate surface area is 99.1 Å². The molecule has 4 heteroatoms. The van der Waals surface area contributed by atoms with Crippen molar-refractivity contribution in [1.29, 1.82) is 0 Å². The fourth-order valence-electron chi connectivity index (χ4n) is 1.74. The molecular formula is C12H15N3S. The van der Waals surface area contributed by atoms with Crippen molar-refractivity contribution in [2.75, 3.05) is 0 Å². The van der Waals surface area contributed by atoms with Gasteiger partial charge in [0, 0.05) is 23.7 Å². The zero-order valence-electron chi connectivity index (χ0n) is 9.10. The summed E-state index contributed by atoms with van der Waals surface area (Å²) in [6.07, 6.45) is 6.55. The summed E-state index contributed by atoms with van der Waals surface area (Å²) < 4.78 is 2.22. The van der Waals surface area contributed by atoms with E-state index < -0.39 is 0 Å². The summed E-state index contributed by atoms with van der Waals surface area (Å²) in [5.41, 5.74) is 1.28. The van der Waals surface area contributed by atoms with Crippen molar-refractivity contribution >= 4 is 11.3 Å². The molecule has 3 rings (SSSR count). The van der Waals surface area contributed by atoms with Gasteiger partial charge >= 0.3 is 0 Å². The van der Waals surface area contributed by atoms with Gasteiger partial charge in [-0.2, -0.15) is 0 Å². The minimum absolute atomic E-state index is 0.755. The van der Waals surface area contributed by atoms with Gasteiger partial charge in [0.25, 0.3) is 0 Å². The van der Waals surface area contributed by atoms with Gasteiger partial charge in [0.05, 0.1) is 18.6 Å². The first-order valence-electron chi connectivity index (χ1n) is 5.66. The Bertz CT molecular complexity index is 443. The zero-order chi connectivity index (χ0) is 10.8. The van der Waals surface area contributed by atoms with Crippen LogP contribution in [0.4, 0.5) is 0 Å². The summed E-state index contributed by atoms with van der Waals surface area (Å²) in [6, 6.07) is 5.02. The molecule has 84 valence electrons. The number of rotatable bonds is 5. The SMILES string of the molecule is c1csc(Cn2cncc2CNC2CC2)c1.